The van der Waals surface area contributed by atoms with Crippen molar-refractivity contribution in [3.05, 3.63) is 35.1 Å². The Morgan fingerprint density at radius 1 is 1.18 bits per heavy atom. The number of hydrogen-bond acceptors (Lipinski definition) is 3. The molecule has 2 atom stereocenters. The summed E-state index contributed by atoms with van der Waals surface area (Å²) in [6, 6.07) is 4.40. The third kappa shape index (κ3) is 3.69. The van der Waals surface area contributed by atoms with E-state index in [0.717, 1.165) is 47.5 Å². The number of carbonyl (C=O) groups excluding carboxylic acids is 1. The number of fused-ring (bicyclic) bond motifs is 3. The number of benzene rings is 1. The monoisotopic (exact) mass is 381 g/mol. The zero-order valence-corrected chi connectivity index (χ0v) is 17.3. The minimum absolute atomic E-state index is 0.00683. The first-order chi connectivity index (χ1) is 13.6. The van der Waals surface area contributed by atoms with E-state index in [1.807, 2.05) is 13.0 Å². The lowest BCUT2D eigenvalue weighted by molar-refractivity contribution is -0.117. The molecule has 28 heavy (non-hydrogen) atoms. The molecule has 1 fully saturated rings. The van der Waals surface area contributed by atoms with Crippen LogP contribution in [0, 0.1) is 5.92 Å². The molecule has 150 valence electrons. The summed E-state index contributed by atoms with van der Waals surface area (Å²) >= 11 is 0. The minimum Gasteiger partial charge on any atom is -0.496 e. The van der Waals surface area contributed by atoms with Crippen molar-refractivity contribution >= 4 is 22.4 Å². The number of nitrogens with one attached hydrogen (secondary N) is 1. The van der Waals surface area contributed by atoms with Gasteiger partial charge in [-0.2, -0.15) is 0 Å². The smallest absolute Gasteiger partial charge is 0.244 e. The summed E-state index contributed by atoms with van der Waals surface area (Å²) in [6.45, 7) is 4.22. The molecule has 1 heterocycles. The number of amides is 1. The van der Waals surface area contributed by atoms with Crippen LogP contribution >= 0.6 is 0 Å². The normalized spacial score (nSPS) is 22.8. The van der Waals surface area contributed by atoms with Crippen LogP contribution in [0.3, 0.4) is 0 Å². The van der Waals surface area contributed by atoms with Gasteiger partial charge < -0.3 is 14.5 Å². The predicted octanol–water partition coefficient (Wildman–Crippen LogP) is 5.42. The lowest BCUT2D eigenvalue weighted by Crippen LogP contribution is -2.40. The topological polar surface area (TPSA) is 51.5 Å². The van der Waals surface area contributed by atoms with Crippen LogP contribution in [0.4, 0.5) is 0 Å². The molecule has 4 rings (SSSR count). The van der Waals surface area contributed by atoms with Crippen molar-refractivity contribution in [2.45, 2.75) is 71.3 Å². The van der Waals surface area contributed by atoms with Gasteiger partial charge in [0.1, 0.15) is 17.1 Å². The number of allylic oxidation sites excluding steroid dienone is 1. The van der Waals surface area contributed by atoms with Gasteiger partial charge in [-0.25, -0.2) is 0 Å². The van der Waals surface area contributed by atoms with Crippen molar-refractivity contribution in [2.24, 2.45) is 5.92 Å². The lowest BCUT2D eigenvalue weighted by Gasteiger charge is -2.29. The summed E-state index contributed by atoms with van der Waals surface area (Å²) in [6.07, 6.45) is 10.9. The third-order valence-corrected chi connectivity index (χ3v) is 6.49. The highest BCUT2D eigenvalue weighted by Crippen LogP contribution is 2.37. The van der Waals surface area contributed by atoms with Crippen LogP contribution in [-0.4, -0.2) is 19.1 Å². The second-order valence-corrected chi connectivity index (χ2v) is 8.46. The van der Waals surface area contributed by atoms with E-state index in [1.165, 1.54) is 43.1 Å². The number of aryl methyl sites for hydroxylation is 2. The molecule has 2 aromatic rings. The van der Waals surface area contributed by atoms with Gasteiger partial charge in [-0.05, 0) is 56.6 Å². The fourth-order valence-electron chi connectivity index (χ4n) is 4.80. The Morgan fingerprint density at radius 3 is 2.75 bits per heavy atom. The molecule has 0 aliphatic heterocycles. The average Bonchev–Trinajstić information content (AvgIpc) is 3.06. The van der Waals surface area contributed by atoms with Crippen molar-refractivity contribution < 1.29 is 13.9 Å². The highest BCUT2D eigenvalue weighted by atomic mass is 16.5. The Morgan fingerprint density at radius 2 is 1.96 bits per heavy atom. The second kappa shape index (κ2) is 8.02. The zero-order chi connectivity index (χ0) is 19.7. The number of ether oxygens (including phenoxy) is 1. The molecule has 1 N–H and O–H groups in total. The van der Waals surface area contributed by atoms with Crippen LogP contribution in [0.15, 0.2) is 22.6 Å². The molecule has 0 saturated heterocycles. The second-order valence-electron chi connectivity index (χ2n) is 8.46. The molecule has 0 spiro atoms. The number of hydrogen-bond donors (Lipinski definition) is 1. The van der Waals surface area contributed by atoms with Gasteiger partial charge in [0, 0.05) is 41.1 Å². The van der Waals surface area contributed by atoms with Crippen molar-refractivity contribution in [3.63, 3.8) is 0 Å². The van der Waals surface area contributed by atoms with Gasteiger partial charge in [0.05, 0.1) is 7.11 Å². The summed E-state index contributed by atoms with van der Waals surface area (Å²) in [5.74, 6) is 2.42. The van der Waals surface area contributed by atoms with Crippen LogP contribution in [0.25, 0.3) is 16.5 Å². The molecule has 1 saturated carbocycles. The quantitative estimate of drug-likeness (QED) is 0.720. The van der Waals surface area contributed by atoms with Crippen molar-refractivity contribution in [1.82, 2.24) is 5.32 Å². The van der Waals surface area contributed by atoms with Crippen LogP contribution in [0.2, 0.25) is 0 Å². The number of rotatable bonds is 4. The van der Waals surface area contributed by atoms with E-state index in [1.54, 1.807) is 13.2 Å². The summed E-state index contributed by atoms with van der Waals surface area (Å²) in [7, 11) is 1.67. The largest absolute Gasteiger partial charge is 0.496 e. The summed E-state index contributed by atoms with van der Waals surface area (Å²) < 4.78 is 11.7. The molecule has 0 radical (unpaired) electrons. The van der Waals surface area contributed by atoms with Gasteiger partial charge in [-0.15, -0.1) is 0 Å². The van der Waals surface area contributed by atoms with Crippen LogP contribution in [0.5, 0.6) is 5.75 Å². The van der Waals surface area contributed by atoms with E-state index in [9.17, 15) is 4.79 Å². The Bertz CT molecular complexity index is 908. The van der Waals surface area contributed by atoms with Gasteiger partial charge in [-0.3, -0.25) is 4.79 Å². The average molecular weight is 382 g/mol. The van der Waals surface area contributed by atoms with E-state index < -0.39 is 0 Å². The number of furan rings is 1. The fourth-order valence-corrected chi connectivity index (χ4v) is 4.80. The maximum Gasteiger partial charge on any atom is 0.244 e. The van der Waals surface area contributed by atoms with Crippen LogP contribution in [0.1, 0.15) is 69.3 Å². The van der Waals surface area contributed by atoms with E-state index in [4.69, 9.17) is 9.15 Å². The maximum absolute atomic E-state index is 12.6. The molecular weight excluding hydrogens is 350 g/mol. The Hall–Kier alpha value is -2.23. The van der Waals surface area contributed by atoms with E-state index in [2.05, 4.69) is 18.3 Å². The van der Waals surface area contributed by atoms with E-state index in [-0.39, 0.29) is 11.9 Å². The van der Waals surface area contributed by atoms with Crippen molar-refractivity contribution in [1.29, 1.82) is 0 Å². The van der Waals surface area contributed by atoms with Gasteiger partial charge in [-0.1, -0.05) is 19.8 Å². The first kappa shape index (κ1) is 19.1. The standard InChI is InChI=1S/C24H31NO3/c1-15-8-4-6-10-20(15)25-24(26)12-16(2)18-13-19-17-9-5-7-11-21(17)28-23(19)14-22(18)27-3/h12-15,20H,4-11H2,1-3H3,(H,25,26)/b16-12+. The molecule has 2 aliphatic rings. The van der Waals surface area contributed by atoms with Crippen molar-refractivity contribution in [3.8, 4) is 5.75 Å². The molecular formula is C24H31NO3. The Balaban J connectivity index is 1.62. The molecule has 1 aromatic carbocycles. The Kier molecular flexibility index (Phi) is 5.47. The predicted molar refractivity (Wildman–Crippen MR) is 113 cm³/mol. The van der Waals surface area contributed by atoms with Gasteiger partial charge in [0.25, 0.3) is 0 Å². The fraction of sp³-hybridized carbons (Fsp3) is 0.542. The zero-order valence-electron chi connectivity index (χ0n) is 17.3. The summed E-state index contributed by atoms with van der Waals surface area (Å²) in [5.41, 5.74) is 4.11. The molecule has 4 heteroatoms. The SMILES string of the molecule is COc1cc2oc3c(c2cc1/C(C)=C/C(=O)NC1CCCCC1C)CCCC3. The molecule has 2 aliphatic carbocycles. The van der Waals surface area contributed by atoms with Crippen LogP contribution in [-0.2, 0) is 17.6 Å². The first-order valence-corrected chi connectivity index (χ1v) is 10.7. The number of carbonyl (C=O) groups is 1. The maximum atomic E-state index is 12.6. The molecule has 1 amide bonds. The first-order valence-electron chi connectivity index (χ1n) is 10.7. The van der Waals surface area contributed by atoms with Gasteiger partial charge in [0.15, 0.2) is 0 Å². The minimum atomic E-state index is -0.00683. The van der Waals surface area contributed by atoms with Gasteiger partial charge >= 0.3 is 0 Å². The molecule has 0 bridgehead atoms. The van der Waals surface area contributed by atoms with Crippen LogP contribution < -0.4 is 10.1 Å². The molecule has 4 nitrogen and oxygen atoms in total. The third-order valence-electron chi connectivity index (χ3n) is 6.49. The number of methoxy groups -OCH3 is 1. The summed E-state index contributed by atoms with van der Waals surface area (Å²) in [4.78, 5) is 12.6. The molecule has 2 unspecified atom stereocenters. The van der Waals surface area contributed by atoms with Gasteiger partial charge in [0.2, 0.25) is 5.91 Å². The molecule has 1 aromatic heterocycles. The highest BCUT2D eigenvalue weighted by molar-refractivity contribution is 5.97. The summed E-state index contributed by atoms with van der Waals surface area (Å²) in [5, 5.41) is 4.38. The highest BCUT2D eigenvalue weighted by Gasteiger charge is 2.23. The van der Waals surface area contributed by atoms with E-state index >= 15 is 0 Å². The van der Waals surface area contributed by atoms with Crippen molar-refractivity contribution in [2.75, 3.05) is 7.11 Å². The van der Waals surface area contributed by atoms with E-state index in [0.29, 0.717) is 5.92 Å². The lowest BCUT2D eigenvalue weighted by atomic mass is 9.86. The Labute approximate surface area is 167 Å².